The molecule has 5 nitrogen and oxygen atoms in total. The SMILES string of the molecule is C#CCN(CCC)S(=O)(=O)c1cc(CO)n(C)c1. The van der Waals surface area contributed by atoms with Crippen molar-refractivity contribution in [2.75, 3.05) is 13.1 Å². The summed E-state index contributed by atoms with van der Waals surface area (Å²) < 4.78 is 27.5. The Morgan fingerprint density at radius 3 is 2.67 bits per heavy atom. The van der Waals surface area contributed by atoms with Crippen molar-refractivity contribution in [1.82, 2.24) is 8.87 Å². The van der Waals surface area contributed by atoms with E-state index in [0.717, 1.165) is 0 Å². The van der Waals surface area contributed by atoms with Gasteiger partial charge in [0.25, 0.3) is 0 Å². The summed E-state index contributed by atoms with van der Waals surface area (Å²) in [6.07, 6.45) is 7.38. The Labute approximate surface area is 108 Å². The lowest BCUT2D eigenvalue weighted by molar-refractivity contribution is 0.272. The zero-order chi connectivity index (χ0) is 13.8. The molecule has 1 rings (SSSR count). The number of rotatable bonds is 6. The molecular weight excluding hydrogens is 252 g/mol. The third-order valence-electron chi connectivity index (χ3n) is 2.62. The standard InChI is InChI=1S/C12H18N2O3S/c1-4-6-14(7-5-2)18(16,17)12-8-11(10-15)13(3)9-12/h1,8-9,15H,5-7,10H2,2-3H3. The van der Waals surface area contributed by atoms with Crippen molar-refractivity contribution in [2.24, 2.45) is 7.05 Å². The molecule has 0 amide bonds. The van der Waals surface area contributed by atoms with Crippen LogP contribution in [0.2, 0.25) is 0 Å². The first kappa shape index (κ1) is 14.8. The number of terminal acetylenes is 1. The van der Waals surface area contributed by atoms with E-state index in [1.54, 1.807) is 11.6 Å². The number of hydrogen-bond acceptors (Lipinski definition) is 3. The van der Waals surface area contributed by atoms with Gasteiger partial charge in [-0.1, -0.05) is 12.8 Å². The van der Waals surface area contributed by atoms with Crippen LogP contribution in [-0.2, 0) is 23.7 Å². The number of sulfonamides is 1. The summed E-state index contributed by atoms with van der Waals surface area (Å²) in [5, 5.41) is 9.08. The maximum atomic E-state index is 12.3. The van der Waals surface area contributed by atoms with Crippen LogP contribution in [-0.4, -0.2) is 35.5 Å². The van der Waals surface area contributed by atoms with Gasteiger partial charge in [-0.25, -0.2) is 8.42 Å². The highest BCUT2D eigenvalue weighted by molar-refractivity contribution is 7.89. The van der Waals surface area contributed by atoms with Crippen LogP contribution in [0.25, 0.3) is 0 Å². The molecule has 1 aromatic rings. The van der Waals surface area contributed by atoms with Crippen molar-refractivity contribution in [1.29, 1.82) is 0 Å². The zero-order valence-electron chi connectivity index (χ0n) is 10.6. The highest BCUT2D eigenvalue weighted by Gasteiger charge is 2.24. The Morgan fingerprint density at radius 1 is 1.56 bits per heavy atom. The maximum absolute atomic E-state index is 12.3. The molecule has 0 spiro atoms. The summed E-state index contributed by atoms with van der Waals surface area (Å²) in [6.45, 7) is 2.13. The lowest BCUT2D eigenvalue weighted by Crippen LogP contribution is -2.32. The summed E-state index contributed by atoms with van der Waals surface area (Å²) in [6, 6.07) is 1.47. The minimum atomic E-state index is -3.58. The fourth-order valence-corrected chi connectivity index (χ4v) is 3.20. The van der Waals surface area contributed by atoms with Gasteiger partial charge in [-0.15, -0.1) is 6.42 Å². The van der Waals surface area contributed by atoms with Crippen molar-refractivity contribution in [3.05, 3.63) is 18.0 Å². The van der Waals surface area contributed by atoms with Crippen LogP contribution < -0.4 is 0 Å². The van der Waals surface area contributed by atoms with Crippen molar-refractivity contribution in [2.45, 2.75) is 24.8 Å². The Balaban J connectivity index is 3.14. The Kier molecular flexibility index (Phi) is 4.96. The number of nitrogens with zero attached hydrogens (tertiary/aromatic N) is 2. The number of aliphatic hydroxyl groups is 1. The summed E-state index contributed by atoms with van der Waals surface area (Å²) in [5.41, 5.74) is 0.547. The molecular formula is C12H18N2O3S. The van der Waals surface area contributed by atoms with E-state index in [4.69, 9.17) is 11.5 Å². The van der Waals surface area contributed by atoms with Crippen LogP contribution >= 0.6 is 0 Å². The summed E-state index contributed by atoms with van der Waals surface area (Å²) in [4.78, 5) is 0.165. The molecule has 6 heteroatoms. The summed E-state index contributed by atoms with van der Waals surface area (Å²) >= 11 is 0. The van der Waals surface area contributed by atoms with E-state index in [-0.39, 0.29) is 18.0 Å². The van der Waals surface area contributed by atoms with E-state index < -0.39 is 10.0 Å². The van der Waals surface area contributed by atoms with Gasteiger partial charge in [0, 0.05) is 25.5 Å². The average molecular weight is 270 g/mol. The summed E-state index contributed by atoms with van der Waals surface area (Å²) in [5.74, 6) is 2.35. The third kappa shape index (κ3) is 2.93. The van der Waals surface area contributed by atoms with Crippen molar-refractivity contribution < 1.29 is 13.5 Å². The van der Waals surface area contributed by atoms with E-state index >= 15 is 0 Å². The van der Waals surface area contributed by atoms with Crippen molar-refractivity contribution in [3.63, 3.8) is 0 Å². The molecule has 0 atom stereocenters. The van der Waals surface area contributed by atoms with E-state index in [1.807, 2.05) is 6.92 Å². The zero-order valence-corrected chi connectivity index (χ0v) is 11.4. The Bertz CT molecular complexity index is 540. The van der Waals surface area contributed by atoms with Gasteiger partial charge in [-0.05, 0) is 12.5 Å². The van der Waals surface area contributed by atoms with Crippen LogP contribution in [0.1, 0.15) is 19.0 Å². The second-order valence-electron chi connectivity index (χ2n) is 3.98. The Hall–Kier alpha value is -1.29. The van der Waals surface area contributed by atoms with E-state index in [1.165, 1.54) is 16.6 Å². The van der Waals surface area contributed by atoms with Crippen molar-refractivity contribution >= 4 is 10.0 Å². The molecule has 100 valence electrons. The van der Waals surface area contributed by atoms with Crippen LogP contribution in [0.5, 0.6) is 0 Å². The van der Waals surface area contributed by atoms with Crippen molar-refractivity contribution in [3.8, 4) is 12.3 Å². The van der Waals surface area contributed by atoms with E-state index in [2.05, 4.69) is 5.92 Å². The third-order valence-corrected chi connectivity index (χ3v) is 4.43. The first-order valence-corrected chi connectivity index (χ1v) is 7.11. The largest absolute Gasteiger partial charge is 0.390 e. The lowest BCUT2D eigenvalue weighted by Gasteiger charge is -2.17. The summed E-state index contributed by atoms with van der Waals surface area (Å²) in [7, 11) is -1.89. The fourth-order valence-electron chi connectivity index (χ4n) is 1.66. The Morgan fingerprint density at radius 2 is 2.22 bits per heavy atom. The number of aryl methyl sites for hydroxylation is 1. The van der Waals surface area contributed by atoms with Gasteiger partial charge in [0.15, 0.2) is 0 Å². The highest BCUT2D eigenvalue weighted by atomic mass is 32.2. The van der Waals surface area contributed by atoms with Crippen LogP contribution in [0, 0.1) is 12.3 Å². The normalized spacial score (nSPS) is 11.7. The second-order valence-corrected chi connectivity index (χ2v) is 5.92. The van der Waals surface area contributed by atoms with Crippen LogP contribution in [0.3, 0.4) is 0 Å². The van der Waals surface area contributed by atoms with Gasteiger partial charge >= 0.3 is 0 Å². The second kappa shape index (κ2) is 6.05. The first-order chi connectivity index (χ1) is 8.47. The maximum Gasteiger partial charge on any atom is 0.245 e. The molecule has 0 aliphatic rings. The number of aliphatic hydroxyl groups excluding tert-OH is 1. The molecule has 1 N–H and O–H groups in total. The molecule has 0 aliphatic carbocycles. The van der Waals surface area contributed by atoms with Gasteiger partial charge in [-0.3, -0.25) is 0 Å². The molecule has 1 heterocycles. The fraction of sp³-hybridized carbons (Fsp3) is 0.500. The molecule has 1 aromatic heterocycles. The van der Waals surface area contributed by atoms with Gasteiger partial charge < -0.3 is 9.67 Å². The van der Waals surface area contributed by atoms with E-state index in [0.29, 0.717) is 18.7 Å². The van der Waals surface area contributed by atoms with E-state index in [9.17, 15) is 8.42 Å². The topological polar surface area (TPSA) is 62.5 Å². The lowest BCUT2D eigenvalue weighted by atomic mass is 10.5. The monoisotopic (exact) mass is 270 g/mol. The predicted octanol–water partition coefficient (Wildman–Crippen LogP) is 0.551. The van der Waals surface area contributed by atoms with Gasteiger partial charge in [0.05, 0.1) is 13.2 Å². The van der Waals surface area contributed by atoms with Crippen LogP contribution in [0.15, 0.2) is 17.2 Å². The highest BCUT2D eigenvalue weighted by Crippen LogP contribution is 2.18. The molecule has 0 saturated carbocycles. The minimum Gasteiger partial charge on any atom is -0.390 e. The van der Waals surface area contributed by atoms with Gasteiger partial charge in [-0.2, -0.15) is 4.31 Å². The number of aromatic nitrogens is 1. The molecule has 0 aromatic carbocycles. The van der Waals surface area contributed by atoms with Gasteiger partial charge in [0.1, 0.15) is 4.90 Å². The quantitative estimate of drug-likeness (QED) is 0.768. The predicted molar refractivity (Wildman–Crippen MR) is 69.2 cm³/mol. The van der Waals surface area contributed by atoms with Gasteiger partial charge in [0.2, 0.25) is 10.0 Å². The molecule has 0 fully saturated rings. The van der Waals surface area contributed by atoms with Crippen LogP contribution in [0.4, 0.5) is 0 Å². The molecule has 0 aliphatic heterocycles. The molecule has 0 unspecified atom stereocenters. The molecule has 0 bridgehead atoms. The number of hydrogen-bond donors (Lipinski definition) is 1. The molecule has 18 heavy (non-hydrogen) atoms. The molecule has 0 radical (unpaired) electrons. The minimum absolute atomic E-state index is 0.0551. The smallest absolute Gasteiger partial charge is 0.245 e. The average Bonchev–Trinajstić information content (AvgIpc) is 2.71. The molecule has 0 saturated heterocycles. The first-order valence-electron chi connectivity index (χ1n) is 5.67.